The Hall–Kier alpha value is -3.49. The van der Waals surface area contributed by atoms with Gasteiger partial charge in [0.15, 0.2) is 0 Å². The van der Waals surface area contributed by atoms with Gasteiger partial charge in [-0.05, 0) is 37.0 Å². The average molecular weight is 412 g/mol. The van der Waals surface area contributed by atoms with Crippen LogP contribution < -0.4 is 11.2 Å². The molecule has 1 aliphatic heterocycles. The standard InChI is InChI=1S/C21H21FN4O4/c22-15-6-4-14(5-7-15)11-16-12-23-20(30-16)17-3-1-2-9-26(17)19(28)13-25-10-8-18(27)24-21(25)29/h4-8,10,12,17H,1-3,9,11,13H2,(H,24,27,29). The number of hydrogen-bond acceptors (Lipinski definition) is 5. The molecular weight excluding hydrogens is 391 g/mol. The third kappa shape index (κ3) is 4.40. The number of halogens is 1. The smallest absolute Gasteiger partial charge is 0.328 e. The third-order valence-electron chi connectivity index (χ3n) is 5.17. The van der Waals surface area contributed by atoms with Crippen molar-refractivity contribution in [2.45, 2.75) is 38.3 Å². The number of hydrogen-bond donors (Lipinski definition) is 1. The Bertz CT molecular complexity index is 1150. The van der Waals surface area contributed by atoms with Crippen molar-refractivity contribution in [3.05, 3.63) is 86.6 Å². The van der Waals surface area contributed by atoms with Gasteiger partial charge in [-0.1, -0.05) is 12.1 Å². The van der Waals surface area contributed by atoms with Crippen molar-refractivity contribution in [2.24, 2.45) is 0 Å². The average Bonchev–Trinajstić information content (AvgIpc) is 3.20. The van der Waals surface area contributed by atoms with Gasteiger partial charge in [0.2, 0.25) is 11.8 Å². The SMILES string of the molecule is O=C(Cn1ccc(=O)[nH]c1=O)N1CCCCC1c1ncc(Cc2ccc(F)cc2)o1. The van der Waals surface area contributed by atoms with E-state index < -0.39 is 11.2 Å². The Morgan fingerprint density at radius 2 is 2.00 bits per heavy atom. The Morgan fingerprint density at radius 3 is 2.77 bits per heavy atom. The highest BCUT2D eigenvalue weighted by Gasteiger charge is 2.31. The molecule has 3 heterocycles. The van der Waals surface area contributed by atoms with Gasteiger partial charge in [-0.15, -0.1) is 0 Å². The van der Waals surface area contributed by atoms with Gasteiger partial charge in [-0.2, -0.15) is 0 Å². The number of nitrogens with zero attached hydrogens (tertiary/aromatic N) is 3. The van der Waals surface area contributed by atoms with E-state index in [1.165, 1.54) is 29.0 Å². The summed E-state index contributed by atoms with van der Waals surface area (Å²) in [5.41, 5.74) is -0.233. The molecule has 156 valence electrons. The summed E-state index contributed by atoms with van der Waals surface area (Å²) in [7, 11) is 0. The minimum atomic E-state index is -0.623. The van der Waals surface area contributed by atoms with E-state index in [1.807, 2.05) is 0 Å². The normalized spacial score (nSPS) is 16.6. The fraction of sp³-hybridized carbons (Fsp3) is 0.333. The van der Waals surface area contributed by atoms with Crippen LogP contribution in [0, 0.1) is 5.82 Å². The highest BCUT2D eigenvalue weighted by molar-refractivity contribution is 5.76. The number of rotatable bonds is 5. The third-order valence-corrected chi connectivity index (χ3v) is 5.17. The molecule has 0 saturated carbocycles. The summed E-state index contributed by atoms with van der Waals surface area (Å²) in [5, 5.41) is 0. The first-order valence-electron chi connectivity index (χ1n) is 9.78. The highest BCUT2D eigenvalue weighted by atomic mass is 19.1. The summed E-state index contributed by atoms with van der Waals surface area (Å²) in [4.78, 5) is 44.2. The molecule has 1 fully saturated rings. The molecule has 3 aromatic rings. The van der Waals surface area contributed by atoms with Crippen LogP contribution in [-0.2, 0) is 17.8 Å². The minimum Gasteiger partial charge on any atom is -0.443 e. The van der Waals surface area contributed by atoms with Gasteiger partial charge in [0.25, 0.3) is 5.56 Å². The number of aromatic amines is 1. The quantitative estimate of drug-likeness (QED) is 0.691. The summed E-state index contributed by atoms with van der Waals surface area (Å²) < 4.78 is 20.2. The number of benzene rings is 1. The molecule has 1 unspecified atom stereocenters. The fourth-order valence-corrected chi connectivity index (χ4v) is 3.65. The van der Waals surface area contributed by atoms with Gasteiger partial charge < -0.3 is 9.32 Å². The van der Waals surface area contributed by atoms with E-state index in [2.05, 4.69) is 9.97 Å². The Kier molecular flexibility index (Phi) is 5.60. The van der Waals surface area contributed by atoms with Crippen LogP contribution in [-0.4, -0.2) is 31.9 Å². The van der Waals surface area contributed by atoms with Gasteiger partial charge in [0.05, 0.1) is 6.20 Å². The zero-order valence-electron chi connectivity index (χ0n) is 16.2. The van der Waals surface area contributed by atoms with Crippen LogP contribution in [0.25, 0.3) is 0 Å². The fourth-order valence-electron chi connectivity index (χ4n) is 3.65. The molecule has 9 heteroatoms. The van der Waals surface area contributed by atoms with Crippen molar-refractivity contribution in [3.63, 3.8) is 0 Å². The van der Waals surface area contributed by atoms with Crippen LogP contribution in [0.4, 0.5) is 4.39 Å². The number of nitrogens with one attached hydrogen (secondary N) is 1. The first-order chi connectivity index (χ1) is 14.5. The molecule has 30 heavy (non-hydrogen) atoms. The summed E-state index contributed by atoms with van der Waals surface area (Å²) >= 11 is 0. The van der Waals surface area contributed by atoms with E-state index in [0.29, 0.717) is 31.0 Å². The predicted molar refractivity (Wildman–Crippen MR) is 105 cm³/mol. The summed E-state index contributed by atoms with van der Waals surface area (Å²) in [6.07, 6.45) is 5.91. The zero-order valence-corrected chi connectivity index (χ0v) is 16.2. The number of carbonyl (C=O) groups is 1. The summed E-state index contributed by atoms with van der Waals surface area (Å²) in [6, 6.07) is 7.07. The lowest BCUT2D eigenvalue weighted by Gasteiger charge is -2.33. The molecule has 1 aromatic carbocycles. The highest BCUT2D eigenvalue weighted by Crippen LogP contribution is 2.31. The van der Waals surface area contributed by atoms with Crippen molar-refractivity contribution in [3.8, 4) is 0 Å². The van der Waals surface area contributed by atoms with Crippen LogP contribution in [0.1, 0.15) is 42.5 Å². The molecule has 1 saturated heterocycles. The Labute approximate surface area is 171 Å². The lowest BCUT2D eigenvalue weighted by Crippen LogP contribution is -2.42. The maximum absolute atomic E-state index is 13.1. The Morgan fingerprint density at radius 1 is 1.20 bits per heavy atom. The van der Waals surface area contributed by atoms with Crippen molar-refractivity contribution in [1.29, 1.82) is 0 Å². The van der Waals surface area contributed by atoms with E-state index in [-0.39, 0.29) is 24.3 Å². The largest absolute Gasteiger partial charge is 0.443 e. The van der Waals surface area contributed by atoms with Crippen molar-refractivity contribution < 1.29 is 13.6 Å². The molecule has 2 aromatic heterocycles. The van der Waals surface area contributed by atoms with E-state index in [4.69, 9.17) is 4.42 Å². The molecular formula is C21H21FN4O4. The second kappa shape index (κ2) is 8.48. The van der Waals surface area contributed by atoms with E-state index >= 15 is 0 Å². The number of carbonyl (C=O) groups excluding carboxylic acids is 1. The van der Waals surface area contributed by atoms with Crippen LogP contribution in [0.3, 0.4) is 0 Å². The van der Waals surface area contributed by atoms with Crippen LogP contribution in [0.2, 0.25) is 0 Å². The number of oxazole rings is 1. The van der Waals surface area contributed by atoms with E-state index in [9.17, 15) is 18.8 Å². The molecule has 0 bridgehead atoms. The monoisotopic (exact) mass is 412 g/mol. The first kappa shape index (κ1) is 19.8. The zero-order chi connectivity index (χ0) is 21.1. The van der Waals surface area contributed by atoms with Gasteiger partial charge in [0, 0.05) is 25.2 Å². The van der Waals surface area contributed by atoms with Crippen molar-refractivity contribution >= 4 is 5.91 Å². The van der Waals surface area contributed by atoms with Gasteiger partial charge in [-0.3, -0.25) is 19.1 Å². The van der Waals surface area contributed by atoms with E-state index in [1.54, 1.807) is 23.2 Å². The van der Waals surface area contributed by atoms with Gasteiger partial charge >= 0.3 is 5.69 Å². The minimum absolute atomic E-state index is 0.171. The lowest BCUT2D eigenvalue weighted by atomic mass is 10.0. The number of likely N-dealkylation sites (tertiary alicyclic amines) is 1. The van der Waals surface area contributed by atoms with E-state index in [0.717, 1.165) is 18.4 Å². The maximum Gasteiger partial charge on any atom is 0.328 e. The van der Waals surface area contributed by atoms with Crippen LogP contribution >= 0.6 is 0 Å². The molecule has 1 atom stereocenters. The van der Waals surface area contributed by atoms with Gasteiger partial charge in [0.1, 0.15) is 24.2 Å². The summed E-state index contributed by atoms with van der Waals surface area (Å²) in [5.74, 6) is 0.544. The maximum atomic E-state index is 13.1. The topological polar surface area (TPSA) is 101 Å². The molecule has 0 spiro atoms. The Balaban J connectivity index is 1.50. The molecule has 4 rings (SSSR count). The number of piperidine rings is 1. The second-order valence-corrected chi connectivity index (χ2v) is 7.30. The first-order valence-corrected chi connectivity index (χ1v) is 9.78. The summed E-state index contributed by atoms with van der Waals surface area (Å²) in [6.45, 7) is 0.368. The lowest BCUT2D eigenvalue weighted by molar-refractivity contribution is -0.136. The van der Waals surface area contributed by atoms with Crippen LogP contribution in [0.15, 0.2) is 56.7 Å². The molecule has 0 aliphatic carbocycles. The van der Waals surface area contributed by atoms with Crippen LogP contribution in [0.5, 0.6) is 0 Å². The molecule has 1 N–H and O–H groups in total. The molecule has 1 aliphatic rings. The van der Waals surface area contributed by atoms with Crippen molar-refractivity contribution in [1.82, 2.24) is 19.4 Å². The number of amides is 1. The second-order valence-electron chi connectivity index (χ2n) is 7.30. The molecule has 8 nitrogen and oxygen atoms in total. The van der Waals surface area contributed by atoms with Crippen molar-refractivity contribution in [2.75, 3.05) is 6.54 Å². The molecule has 1 amide bonds. The molecule has 0 radical (unpaired) electrons. The predicted octanol–water partition coefficient (Wildman–Crippen LogP) is 2.01. The van der Waals surface area contributed by atoms with Gasteiger partial charge in [-0.25, -0.2) is 14.2 Å². The number of H-pyrrole nitrogens is 1. The number of aromatic nitrogens is 3.